The molecule has 1 saturated heterocycles. The van der Waals surface area contributed by atoms with Gasteiger partial charge in [-0.2, -0.15) is 4.31 Å². The Morgan fingerprint density at radius 2 is 1.72 bits per heavy atom. The molecule has 0 saturated carbocycles. The maximum Gasteiger partial charge on any atom is 0.253 e. The van der Waals surface area contributed by atoms with E-state index in [1.54, 1.807) is 35.5 Å². The van der Waals surface area contributed by atoms with E-state index < -0.39 is 10.0 Å². The molecule has 0 atom stereocenters. The van der Waals surface area contributed by atoms with Crippen molar-refractivity contribution >= 4 is 15.9 Å². The zero-order chi connectivity index (χ0) is 18.3. The zero-order valence-electron chi connectivity index (χ0n) is 15.1. The number of amides is 1. The molecule has 140 valence electrons. The highest BCUT2D eigenvalue weighted by molar-refractivity contribution is 7.89. The monoisotopic (exact) mass is 368 g/mol. The van der Waals surface area contributed by atoms with Crippen LogP contribution in [0.2, 0.25) is 0 Å². The average Bonchev–Trinajstić information content (AvgIpc) is 2.91. The summed E-state index contributed by atoms with van der Waals surface area (Å²) in [5.74, 6) is -0.116. The molecule has 0 aliphatic carbocycles. The van der Waals surface area contributed by atoms with E-state index in [1.807, 2.05) is 0 Å². The number of carbonyl (C=O) groups is 1. The van der Waals surface area contributed by atoms with Crippen molar-refractivity contribution in [2.75, 3.05) is 40.4 Å². The third-order valence-electron chi connectivity index (χ3n) is 4.49. The van der Waals surface area contributed by atoms with Gasteiger partial charge < -0.3 is 9.64 Å². The number of hydrogen-bond acceptors (Lipinski definition) is 4. The van der Waals surface area contributed by atoms with Crippen LogP contribution in [0.15, 0.2) is 29.2 Å². The van der Waals surface area contributed by atoms with E-state index in [4.69, 9.17) is 4.74 Å². The Morgan fingerprint density at radius 3 is 2.28 bits per heavy atom. The minimum atomic E-state index is -3.47. The van der Waals surface area contributed by atoms with Gasteiger partial charge in [-0.05, 0) is 43.5 Å². The molecule has 2 rings (SSSR count). The van der Waals surface area contributed by atoms with Crippen LogP contribution >= 0.6 is 0 Å². The van der Waals surface area contributed by atoms with Gasteiger partial charge in [0.05, 0.1) is 4.90 Å². The Balaban J connectivity index is 2.06. The summed E-state index contributed by atoms with van der Waals surface area (Å²) in [7, 11) is -0.108. The predicted octanol–water partition coefficient (Wildman–Crippen LogP) is 2.36. The third-order valence-corrected chi connectivity index (χ3v) is 6.41. The summed E-state index contributed by atoms with van der Waals surface area (Å²) in [6.07, 6.45) is 4.73. The molecule has 1 amide bonds. The first kappa shape index (κ1) is 19.9. The van der Waals surface area contributed by atoms with E-state index in [1.165, 1.54) is 12.1 Å². The normalized spacial score (nSPS) is 16.4. The number of carbonyl (C=O) groups excluding carboxylic acids is 1. The Bertz CT molecular complexity index is 650. The highest BCUT2D eigenvalue weighted by atomic mass is 32.2. The highest BCUT2D eigenvalue weighted by Gasteiger charge is 2.25. The first-order chi connectivity index (χ1) is 12.0. The fourth-order valence-corrected chi connectivity index (χ4v) is 4.49. The van der Waals surface area contributed by atoms with E-state index in [-0.39, 0.29) is 10.8 Å². The van der Waals surface area contributed by atoms with E-state index in [0.717, 1.165) is 32.1 Å². The van der Waals surface area contributed by atoms with Crippen molar-refractivity contribution in [3.05, 3.63) is 29.8 Å². The van der Waals surface area contributed by atoms with Gasteiger partial charge in [0, 0.05) is 46.0 Å². The molecule has 1 aliphatic rings. The van der Waals surface area contributed by atoms with Gasteiger partial charge in [-0.15, -0.1) is 0 Å². The van der Waals surface area contributed by atoms with Crippen molar-refractivity contribution in [3.8, 4) is 0 Å². The number of sulfonamides is 1. The molecule has 1 fully saturated rings. The second-order valence-electron chi connectivity index (χ2n) is 6.42. The molecule has 25 heavy (non-hydrogen) atoms. The Labute approximate surface area is 150 Å². The molecule has 0 spiro atoms. The van der Waals surface area contributed by atoms with Crippen LogP contribution in [0, 0.1) is 0 Å². The lowest BCUT2D eigenvalue weighted by molar-refractivity contribution is 0.0779. The van der Waals surface area contributed by atoms with E-state index in [0.29, 0.717) is 31.8 Å². The molecular formula is C18H28N2O4S. The summed E-state index contributed by atoms with van der Waals surface area (Å²) in [4.78, 5) is 14.3. The molecule has 0 N–H and O–H groups in total. The lowest BCUT2D eigenvalue weighted by atomic mass is 10.2. The zero-order valence-corrected chi connectivity index (χ0v) is 15.9. The summed E-state index contributed by atoms with van der Waals surface area (Å²) in [6.45, 7) is 2.35. The first-order valence-electron chi connectivity index (χ1n) is 8.81. The van der Waals surface area contributed by atoms with Crippen LogP contribution in [0.1, 0.15) is 42.5 Å². The van der Waals surface area contributed by atoms with Crippen LogP contribution in [0.5, 0.6) is 0 Å². The summed E-state index contributed by atoms with van der Waals surface area (Å²) < 4.78 is 32.0. The number of nitrogens with zero attached hydrogens (tertiary/aromatic N) is 2. The fourth-order valence-electron chi connectivity index (χ4n) is 2.97. The number of hydrogen-bond donors (Lipinski definition) is 0. The molecular weight excluding hydrogens is 340 g/mol. The van der Waals surface area contributed by atoms with Crippen LogP contribution < -0.4 is 0 Å². The summed E-state index contributed by atoms with van der Waals surface area (Å²) in [5.41, 5.74) is 0.495. The van der Waals surface area contributed by atoms with Gasteiger partial charge in [0.25, 0.3) is 5.91 Å². The number of rotatable bonds is 7. The Hall–Kier alpha value is -1.44. The quantitative estimate of drug-likeness (QED) is 0.693. The maximum absolute atomic E-state index is 12.7. The van der Waals surface area contributed by atoms with Crippen molar-refractivity contribution in [1.82, 2.24) is 9.21 Å². The molecule has 0 unspecified atom stereocenters. The molecule has 6 nitrogen and oxygen atoms in total. The van der Waals surface area contributed by atoms with E-state index in [2.05, 4.69) is 0 Å². The smallest absolute Gasteiger partial charge is 0.253 e. The predicted molar refractivity (Wildman–Crippen MR) is 97.1 cm³/mol. The van der Waals surface area contributed by atoms with Gasteiger partial charge in [0.15, 0.2) is 0 Å². The topological polar surface area (TPSA) is 66.9 Å². The summed E-state index contributed by atoms with van der Waals surface area (Å²) in [5, 5.41) is 0. The largest absolute Gasteiger partial charge is 0.385 e. The molecule has 1 aromatic carbocycles. The molecule has 1 aromatic rings. The second kappa shape index (κ2) is 9.31. The van der Waals surface area contributed by atoms with Crippen molar-refractivity contribution < 1.29 is 17.9 Å². The third kappa shape index (κ3) is 5.26. The molecule has 0 radical (unpaired) electrons. The minimum Gasteiger partial charge on any atom is -0.385 e. The SMILES string of the molecule is COCCCN(C)C(=O)c1ccc(S(=O)(=O)N2CCCCCC2)cc1. The van der Waals surface area contributed by atoms with Crippen LogP contribution in [-0.4, -0.2) is 63.9 Å². The second-order valence-corrected chi connectivity index (χ2v) is 8.35. The molecule has 0 aromatic heterocycles. The van der Waals surface area contributed by atoms with E-state index >= 15 is 0 Å². The lowest BCUT2D eigenvalue weighted by Crippen LogP contribution is -2.32. The van der Waals surface area contributed by atoms with Gasteiger partial charge in [-0.3, -0.25) is 4.79 Å². The number of ether oxygens (including phenoxy) is 1. The van der Waals surface area contributed by atoms with Gasteiger partial charge in [-0.1, -0.05) is 12.8 Å². The average molecular weight is 368 g/mol. The standard InChI is InChI=1S/C18H28N2O4S/c1-19(12-7-15-24-2)18(21)16-8-10-17(11-9-16)25(22,23)20-13-5-3-4-6-14-20/h8-11H,3-7,12-15H2,1-2H3. The highest BCUT2D eigenvalue weighted by Crippen LogP contribution is 2.21. The lowest BCUT2D eigenvalue weighted by Gasteiger charge is -2.20. The van der Waals surface area contributed by atoms with Crippen molar-refractivity contribution in [3.63, 3.8) is 0 Å². The van der Waals surface area contributed by atoms with Crippen LogP contribution in [0.3, 0.4) is 0 Å². The van der Waals surface area contributed by atoms with Crippen molar-refractivity contribution in [2.45, 2.75) is 37.0 Å². The Kier molecular flexibility index (Phi) is 7.40. The fraction of sp³-hybridized carbons (Fsp3) is 0.611. The number of methoxy groups -OCH3 is 1. The van der Waals surface area contributed by atoms with Crippen molar-refractivity contribution in [1.29, 1.82) is 0 Å². The molecule has 1 aliphatic heterocycles. The first-order valence-corrected chi connectivity index (χ1v) is 10.3. The number of benzene rings is 1. The van der Waals surface area contributed by atoms with E-state index in [9.17, 15) is 13.2 Å². The van der Waals surface area contributed by atoms with Crippen LogP contribution in [-0.2, 0) is 14.8 Å². The van der Waals surface area contributed by atoms with Gasteiger partial charge in [-0.25, -0.2) is 8.42 Å². The van der Waals surface area contributed by atoms with Gasteiger partial charge in [0.2, 0.25) is 10.0 Å². The van der Waals surface area contributed by atoms with Gasteiger partial charge >= 0.3 is 0 Å². The van der Waals surface area contributed by atoms with Crippen LogP contribution in [0.4, 0.5) is 0 Å². The molecule has 1 heterocycles. The molecule has 0 bridgehead atoms. The maximum atomic E-state index is 12.7. The van der Waals surface area contributed by atoms with Gasteiger partial charge in [0.1, 0.15) is 0 Å². The summed E-state index contributed by atoms with van der Waals surface area (Å²) >= 11 is 0. The Morgan fingerprint density at radius 1 is 1.12 bits per heavy atom. The van der Waals surface area contributed by atoms with Crippen molar-refractivity contribution in [2.24, 2.45) is 0 Å². The molecule has 7 heteroatoms. The minimum absolute atomic E-state index is 0.116. The van der Waals surface area contributed by atoms with Crippen LogP contribution in [0.25, 0.3) is 0 Å². The summed E-state index contributed by atoms with van der Waals surface area (Å²) in [6, 6.07) is 6.27.